The second-order valence-electron chi connectivity index (χ2n) is 4.22. The Labute approximate surface area is 112 Å². The number of rotatable bonds is 5. The zero-order valence-electron chi connectivity index (χ0n) is 11.7. The molecule has 0 spiro atoms. The average Bonchev–Trinajstić information content (AvgIpc) is 2.39. The standard InChI is InChI=1S/C15H19FO3/c1-5-10(9(3)15(17)18)12-7-8-13(19-4)14(16)11(12)6-2/h7-8H,5-6H2,1-4H3,(H,17,18)/b10-9+. The van der Waals surface area contributed by atoms with Crippen molar-refractivity contribution in [2.24, 2.45) is 0 Å². The lowest BCUT2D eigenvalue weighted by atomic mass is 9.92. The third-order valence-electron chi connectivity index (χ3n) is 3.23. The van der Waals surface area contributed by atoms with Crippen molar-refractivity contribution in [1.29, 1.82) is 0 Å². The summed E-state index contributed by atoms with van der Waals surface area (Å²) in [6, 6.07) is 3.26. The molecule has 0 fully saturated rings. The highest BCUT2D eigenvalue weighted by Crippen LogP contribution is 2.31. The van der Waals surface area contributed by atoms with Crippen molar-refractivity contribution in [3.8, 4) is 5.75 Å². The first-order chi connectivity index (χ1) is 8.97. The van der Waals surface area contributed by atoms with Crippen LogP contribution in [-0.4, -0.2) is 18.2 Å². The lowest BCUT2D eigenvalue weighted by Crippen LogP contribution is -2.05. The molecule has 1 aromatic rings. The van der Waals surface area contributed by atoms with Gasteiger partial charge in [0.2, 0.25) is 0 Å². The maximum absolute atomic E-state index is 14.2. The van der Waals surface area contributed by atoms with Crippen molar-refractivity contribution in [1.82, 2.24) is 0 Å². The SMILES string of the molecule is CC/C(=C(/C)C(=O)O)c1ccc(OC)c(F)c1CC. The fourth-order valence-corrected chi connectivity index (χ4v) is 2.17. The second kappa shape index (κ2) is 6.36. The van der Waals surface area contributed by atoms with Crippen LogP contribution in [0.2, 0.25) is 0 Å². The molecule has 0 saturated heterocycles. The summed E-state index contributed by atoms with van der Waals surface area (Å²) in [4.78, 5) is 11.1. The summed E-state index contributed by atoms with van der Waals surface area (Å²) in [5.74, 6) is -1.20. The van der Waals surface area contributed by atoms with E-state index in [1.54, 1.807) is 13.0 Å². The molecule has 0 aliphatic carbocycles. The van der Waals surface area contributed by atoms with E-state index in [1.165, 1.54) is 13.2 Å². The Morgan fingerprint density at radius 1 is 1.37 bits per heavy atom. The van der Waals surface area contributed by atoms with Crippen molar-refractivity contribution < 1.29 is 19.0 Å². The summed E-state index contributed by atoms with van der Waals surface area (Å²) in [7, 11) is 1.41. The molecule has 1 aromatic carbocycles. The number of aliphatic carboxylic acids is 1. The van der Waals surface area contributed by atoms with Crippen LogP contribution in [0.1, 0.15) is 38.3 Å². The van der Waals surface area contributed by atoms with Gasteiger partial charge in [0, 0.05) is 5.57 Å². The largest absolute Gasteiger partial charge is 0.494 e. The Hall–Kier alpha value is -1.84. The molecule has 0 unspecified atom stereocenters. The Kier molecular flexibility index (Phi) is 5.10. The van der Waals surface area contributed by atoms with Gasteiger partial charge in [0.05, 0.1) is 7.11 Å². The predicted octanol–water partition coefficient (Wildman–Crippen LogP) is 3.66. The van der Waals surface area contributed by atoms with E-state index < -0.39 is 11.8 Å². The summed E-state index contributed by atoms with van der Waals surface area (Å²) in [5, 5.41) is 9.10. The molecular weight excluding hydrogens is 247 g/mol. The van der Waals surface area contributed by atoms with E-state index in [4.69, 9.17) is 9.84 Å². The number of hydrogen-bond donors (Lipinski definition) is 1. The topological polar surface area (TPSA) is 46.5 Å². The van der Waals surface area contributed by atoms with Gasteiger partial charge in [-0.2, -0.15) is 0 Å². The van der Waals surface area contributed by atoms with Crippen molar-refractivity contribution in [2.45, 2.75) is 33.6 Å². The van der Waals surface area contributed by atoms with E-state index in [0.29, 0.717) is 29.5 Å². The van der Waals surface area contributed by atoms with Gasteiger partial charge in [-0.1, -0.05) is 19.9 Å². The number of methoxy groups -OCH3 is 1. The highest BCUT2D eigenvalue weighted by Gasteiger charge is 2.17. The smallest absolute Gasteiger partial charge is 0.331 e. The molecule has 1 rings (SSSR count). The van der Waals surface area contributed by atoms with Crippen LogP contribution in [0.15, 0.2) is 17.7 Å². The lowest BCUT2D eigenvalue weighted by Gasteiger charge is -2.15. The number of hydrogen-bond acceptors (Lipinski definition) is 2. The van der Waals surface area contributed by atoms with Crippen molar-refractivity contribution in [3.63, 3.8) is 0 Å². The van der Waals surface area contributed by atoms with Crippen molar-refractivity contribution in [3.05, 3.63) is 34.6 Å². The molecule has 0 aliphatic rings. The fourth-order valence-electron chi connectivity index (χ4n) is 2.17. The Morgan fingerprint density at radius 2 is 2.00 bits per heavy atom. The molecule has 0 aromatic heterocycles. The van der Waals surface area contributed by atoms with Crippen LogP contribution in [0.25, 0.3) is 5.57 Å². The summed E-state index contributed by atoms with van der Waals surface area (Å²) < 4.78 is 19.2. The van der Waals surface area contributed by atoms with E-state index in [1.807, 2.05) is 13.8 Å². The Morgan fingerprint density at radius 3 is 2.42 bits per heavy atom. The van der Waals surface area contributed by atoms with Crippen LogP contribution in [0, 0.1) is 5.82 Å². The quantitative estimate of drug-likeness (QED) is 0.827. The van der Waals surface area contributed by atoms with Gasteiger partial charge in [-0.25, -0.2) is 9.18 Å². The number of carbonyl (C=O) groups is 1. The van der Waals surface area contributed by atoms with Gasteiger partial charge >= 0.3 is 5.97 Å². The molecule has 0 bridgehead atoms. The van der Waals surface area contributed by atoms with E-state index in [0.717, 1.165) is 0 Å². The van der Waals surface area contributed by atoms with Gasteiger partial charge in [-0.3, -0.25) is 0 Å². The average molecular weight is 266 g/mol. The number of allylic oxidation sites excluding steroid dienone is 1. The number of benzene rings is 1. The van der Waals surface area contributed by atoms with E-state index in [9.17, 15) is 9.18 Å². The molecular formula is C15H19FO3. The van der Waals surface area contributed by atoms with E-state index >= 15 is 0 Å². The zero-order chi connectivity index (χ0) is 14.6. The molecule has 0 saturated carbocycles. The minimum atomic E-state index is -0.977. The van der Waals surface area contributed by atoms with Crippen LogP contribution in [0.4, 0.5) is 4.39 Å². The lowest BCUT2D eigenvalue weighted by molar-refractivity contribution is -0.132. The van der Waals surface area contributed by atoms with Gasteiger partial charge in [0.1, 0.15) is 0 Å². The summed E-state index contributed by atoms with van der Waals surface area (Å²) in [5.41, 5.74) is 2.06. The van der Waals surface area contributed by atoms with Gasteiger partial charge < -0.3 is 9.84 Å². The molecule has 0 amide bonds. The number of ether oxygens (including phenoxy) is 1. The van der Waals surface area contributed by atoms with E-state index in [-0.39, 0.29) is 11.3 Å². The molecule has 1 N–H and O–H groups in total. The minimum Gasteiger partial charge on any atom is -0.494 e. The maximum atomic E-state index is 14.2. The summed E-state index contributed by atoms with van der Waals surface area (Å²) in [6.07, 6.45) is 1.02. The Balaban J connectivity index is 3.54. The van der Waals surface area contributed by atoms with E-state index in [2.05, 4.69) is 0 Å². The molecule has 19 heavy (non-hydrogen) atoms. The third-order valence-corrected chi connectivity index (χ3v) is 3.23. The predicted molar refractivity (Wildman–Crippen MR) is 72.9 cm³/mol. The molecule has 0 atom stereocenters. The van der Waals surface area contributed by atoms with Crippen LogP contribution < -0.4 is 4.74 Å². The second-order valence-corrected chi connectivity index (χ2v) is 4.22. The molecule has 104 valence electrons. The number of carboxylic acids is 1. The van der Waals surface area contributed by atoms with Gasteiger partial charge in [0.15, 0.2) is 11.6 Å². The monoisotopic (exact) mass is 266 g/mol. The van der Waals surface area contributed by atoms with Crippen LogP contribution in [0.3, 0.4) is 0 Å². The van der Waals surface area contributed by atoms with Crippen LogP contribution in [-0.2, 0) is 11.2 Å². The van der Waals surface area contributed by atoms with Gasteiger partial charge in [-0.15, -0.1) is 0 Å². The zero-order valence-corrected chi connectivity index (χ0v) is 11.7. The minimum absolute atomic E-state index is 0.184. The summed E-state index contributed by atoms with van der Waals surface area (Å²) in [6.45, 7) is 5.25. The van der Waals surface area contributed by atoms with Crippen LogP contribution in [0.5, 0.6) is 5.75 Å². The molecule has 3 nitrogen and oxygen atoms in total. The van der Waals surface area contributed by atoms with Crippen LogP contribution >= 0.6 is 0 Å². The normalized spacial score (nSPS) is 12.1. The first kappa shape index (κ1) is 15.2. The first-order valence-electron chi connectivity index (χ1n) is 6.26. The molecule has 0 radical (unpaired) electrons. The third kappa shape index (κ3) is 2.95. The van der Waals surface area contributed by atoms with Crippen molar-refractivity contribution in [2.75, 3.05) is 7.11 Å². The maximum Gasteiger partial charge on any atom is 0.331 e. The van der Waals surface area contributed by atoms with Gasteiger partial charge in [0.25, 0.3) is 0 Å². The van der Waals surface area contributed by atoms with Crippen molar-refractivity contribution >= 4 is 11.5 Å². The first-order valence-corrected chi connectivity index (χ1v) is 6.26. The highest BCUT2D eigenvalue weighted by atomic mass is 19.1. The van der Waals surface area contributed by atoms with Gasteiger partial charge in [-0.05, 0) is 42.5 Å². The number of carboxylic acid groups (broad SMARTS) is 1. The fraction of sp³-hybridized carbons (Fsp3) is 0.400. The highest BCUT2D eigenvalue weighted by molar-refractivity contribution is 5.96. The Bertz CT molecular complexity index is 518. The molecule has 0 heterocycles. The number of halogens is 1. The summed E-state index contributed by atoms with van der Waals surface area (Å²) >= 11 is 0. The molecule has 0 aliphatic heterocycles. The molecule has 4 heteroatoms.